The zero-order valence-electron chi connectivity index (χ0n) is 8.66. The van der Waals surface area contributed by atoms with Gasteiger partial charge in [-0.25, -0.2) is 9.97 Å². The molecule has 2 rings (SSSR count). The molecule has 0 aromatic carbocycles. The molecular weight excluding hydrogens is 265 g/mol. The summed E-state index contributed by atoms with van der Waals surface area (Å²) in [6, 6.07) is 0. The number of amides is 1. The first-order chi connectivity index (χ1) is 8.08. The summed E-state index contributed by atoms with van der Waals surface area (Å²) in [6.45, 7) is 1.66. The minimum atomic E-state index is -0.480. The SMILES string of the molecule is Cc1ncc(Cl)c(C(=O)Nc2[nH]ncc2Cl)n1. The number of hydrogen-bond donors (Lipinski definition) is 2. The Morgan fingerprint density at radius 2 is 2.12 bits per heavy atom. The molecule has 0 radical (unpaired) electrons. The number of hydrogen-bond acceptors (Lipinski definition) is 4. The van der Waals surface area contributed by atoms with E-state index in [0.29, 0.717) is 16.7 Å². The molecule has 2 aromatic heterocycles. The van der Waals surface area contributed by atoms with Crippen molar-refractivity contribution in [1.29, 1.82) is 0 Å². The molecule has 0 bridgehead atoms. The summed E-state index contributed by atoms with van der Waals surface area (Å²) in [7, 11) is 0. The normalized spacial score (nSPS) is 10.3. The van der Waals surface area contributed by atoms with Crippen LogP contribution in [0.5, 0.6) is 0 Å². The highest BCUT2D eigenvalue weighted by atomic mass is 35.5. The molecular formula is C9H7Cl2N5O. The van der Waals surface area contributed by atoms with Gasteiger partial charge in [-0.05, 0) is 6.92 Å². The van der Waals surface area contributed by atoms with E-state index in [0.717, 1.165) is 0 Å². The van der Waals surface area contributed by atoms with E-state index in [2.05, 4.69) is 25.5 Å². The number of H-pyrrole nitrogens is 1. The van der Waals surface area contributed by atoms with E-state index in [-0.39, 0.29) is 10.7 Å². The van der Waals surface area contributed by atoms with Crippen LogP contribution in [0, 0.1) is 6.92 Å². The maximum atomic E-state index is 11.8. The van der Waals surface area contributed by atoms with Crippen LogP contribution in [0.4, 0.5) is 5.82 Å². The molecule has 0 spiro atoms. The largest absolute Gasteiger partial charge is 0.304 e. The number of carbonyl (C=O) groups is 1. The van der Waals surface area contributed by atoms with Gasteiger partial charge in [0, 0.05) is 0 Å². The first kappa shape index (κ1) is 11.8. The smallest absolute Gasteiger partial charge is 0.277 e. The van der Waals surface area contributed by atoms with Gasteiger partial charge < -0.3 is 5.32 Å². The Hall–Kier alpha value is -1.66. The molecule has 0 atom stereocenters. The Balaban J connectivity index is 2.26. The maximum Gasteiger partial charge on any atom is 0.277 e. The average molecular weight is 272 g/mol. The molecule has 88 valence electrons. The standard InChI is InChI=1S/C9H7Cl2N5O/c1-4-12-2-5(10)7(14-4)9(17)15-8-6(11)3-13-16-8/h2-3H,1H3,(H2,13,15,16,17). The monoisotopic (exact) mass is 271 g/mol. The topological polar surface area (TPSA) is 83.6 Å². The van der Waals surface area contributed by atoms with Gasteiger partial charge >= 0.3 is 0 Å². The van der Waals surface area contributed by atoms with E-state index in [1.54, 1.807) is 6.92 Å². The molecule has 2 aromatic rings. The van der Waals surface area contributed by atoms with Crippen molar-refractivity contribution in [3.05, 3.63) is 34.0 Å². The highest BCUT2D eigenvalue weighted by Crippen LogP contribution is 2.19. The van der Waals surface area contributed by atoms with Crippen LogP contribution in [-0.2, 0) is 0 Å². The van der Waals surface area contributed by atoms with Crippen molar-refractivity contribution < 1.29 is 4.79 Å². The van der Waals surface area contributed by atoms with Crippen molar-refractivity contribution in [2.45, 2.75) is 6.92 Å². The summed E-state index contributed by atoms with van der Waals surface area (Å²) in [5.74, 6) is 0.269. The van der Waals surface area contributed by atoms with Crippen LogP contribution in [0.2, 0.25) is 10.0 Å². The van der Waals surface area contributed by atoms with Crippen molar-refractivity contribution in [3.8, 4) is 0 Å². The van der Waals surface area contributed by atoms with E-state index in [4.69, 9.17) is 23.2 Å². The van der Waals surface area contributed by atoms with Gasteiger partial charge in [0.15, 0.2) is 5.69 Å². The number of aromatic nitrogens is 4. The molecule has 8 heteroatoms. The Bertz CT molecular complexity index is 568. The lowest BCUT2D eigenvalue weighted by atomic mass is 10.3. The number of aryl methyl sites for hydroxylation is 1. The number of rotatable bonds is 2. The molecule has 6 nitrogen and oxygen atoms in total. The first-order valence-corrected chi connectivity index (χ1v) is 5.33. The number of carbonyl (C=O) groups excluding carboxylic acids is 1. The Kier molecular flexibility index (Phi) is 3.26. The lowest BCUT2D eigenvalue weighted by molar-refractivity contribution is 0.102. The van der Waals surface area contributed by atoms with E-state index < -0.39 is 5.91 Å². The Morgan fingerprint density at radius 1 is 1.35 bits per heavy atom. The second-order valence-corrected chi connectivity index (χ2v) is 3.98. The van der Waals surface area contributed by atoms with Gasteiger partial charge in [0.05, 0.1) is 17.4 Å². The molecule has 0 fully saturated rings. The fraction of sp³-hybridized carbons (Fsp3) is 0.111. The zero-order chi connectivity index (χ0) is 12.4. The van der Waals surface area contributed by atoms with E-state index in [1.165, 1.54) is 12.4 Å². The van der Waals surface area contributed by atoms with Crippen molar-refractivity contribution in [3.63, 3.8) is 0 Å². The highest BCUT2D eigenvalue weighted by Gasteiger charge is 2.15. The summed E-state index contributed by atoms with van der Waals surface area (Å²) >= 11 is 11.6. The maximum absolute atomic E-state index is 11.8. The zero-order valence-corrected chi connectivity index (χ0v) is 10.2. The van der Waals surface area contributed by atoms with Gasteiger partial charge in [-0.15, -0.1) is 0 Å². The molecule has 0 unspecified atom stereocenters. The summed E-state index contributed by atoms with van der Waals surface area (Å²) in [4.78, 5) is 19.7. The number of anilines is 1. The Labute approximate surface area is 106 Å². The van der Waals surface area contributed by atoms with Crippen molar-refractivity contribution >= 4 is 34.9 Å². The van der Waals surface area contributed by atoms with E-state index in [1.807, 2.05) is 0 Å². The molecule has 0 aliphatic carbocycles. The van der Waals surface area contributed by atoms with Crippen molar-refractivity contribution in [2.75, 3.05) is 5.32 Å². The molecule has 1 amide bonds. The molecule has 0 aliphatic rings. The van der Waals surface area contributed by atoms with Gasteiger partial charge in [0.2, 0.25) is 0 Å². The van der Waals surface area contributed by atoms with Gasteiger partial charge in [0.25, 0.3) is 5.91 Å². The third-order valence-corrected chi connectivity index (χ3v) is 2.47. The third kappa shape index (κ3) is 2.54. The van der Waals surface area contributed by atoms with Crippen LogP contribution in [0.3, 0.4) is 0 Å². The third-order valence-electron chi connectivity index (χ3n) is 1.91. The van der Waals surface area contributed by atoms with E-state index >= 15 is 0 Å². The fourth-order valence-corrected chi connectivity index (χ4v) is 1.46. The van der Waals surface area contributed by atoms with Crippen LogP contribution >= 0.6 is 23.2 Å². The van der Waals surface area contributed by atoms with E-state index in [9.17, 15) is 4.79 Å². The number of aromatic amines is 1. The van der Waals surface area contributed by atoms with Crippen LogP contribution in [0.25, 0.3) is 0 Å². The minimum Gasteiger partial charge on any atom is -0.304 e. The number of halogens is 2. The molecule has 0 saturated heterocycles. The van der Waals surface area contributed by atoms with Gasteiger partial charge in [-0.3, -0.25) is 9.89 Å². The van der Waals surface area contributed by atoms with Crippen LogP contribution < -0.4 is 5.32 Å². The minimum absolute atomic E-state index is 0.0878. The lowest BCUT2D eigenvalue weighted by Crippen LogP contribution is -2.15. The Morgan fingerprint density at radius 3 is 2.76 bits per heavy atom. The lowest BCUT2D eigenvalue weighted by Gasteiger charge is -2.04. The molecule has 2 heterocycles. The van der Waals surface area contributed by atoms with Gasteiger partial charge in [-0.1, -0.05) is 23.2 Å². The van der Waals surface area contributed by atoms with Crippen LogP contribution in [0.1, 0.15) is 16.3 Å². The first-order valence-electron chi connectivity index (χ1n) is 4.57. The van der Waals surface area contributed by atoms with Crippen molar-refractivity contribution in [1.82, 2.24) is 20.2 Å². The predicted molar refractivity (Wildman–Crippen MR) is 63.3 cm³/mol. The quantitative estimate of drug-likeness (QED) is 0.876. The van der Waals surface area contributed by atoms with Gasteiger partial charge in [0.1, 0.15) is 16.7 Å². The number of nitrogens with zero attached hydrogens (tertiary/aromatic N) is 3. The summed E-state index contributed by atoms with van der Waals surface area (Å²) in [5, 5.41) is 9.20. The second kappa shape index (κ2) is 4.68. The van der Waals surface area contributed by atoms with Crippen LogP contribution in [-0.4, -0.2) is 26.1 Å². The summed E-state index contributed by atoms with van der Waals surface area (Å²) in [6.07, 6.45) is 2.75. The van der Waals surface area contributed by atoms with Crippen LogP contribution in [0.15, 0.2) is 12.4 Å². The number of nitrogens with one attached hydrogen (secondary N) is 2. The second-order valence-electron chi connectivity index (χ2n) is 3.16. The summed E-state index contributed by atoms with van der Waals surface area (Å²) < 4.78 is 0. The molecule has 17 heavy (non-hydrogen) atoms. The van der Waals surface area contributed by atoms with Crippen molar-refractivity contribution in [2.24, 2.45) is 0 Å². The molecule has 2 N–H and O–H groups in total. The average Bonchev–Trinajstić information content (AvgIpc) is 2.68. The summed E-state index contributed by atoms with van der Waals surface area (Å²) in [5.41, 5.74) is 0.0878. The molecule has 0 aliphatic heterocycles. The van der Waals surface area contributed by atoms with Gasteiger partial charge in [-0.2, -0.15) is 5.10 Å². The fourth-order valence-electron chi connectivity index (χ4n) is 1.15. The highest BCUT2D eigenvalue weighted by molar-refractivity contribution is 6.35. The molecule has 0 saturated carbocycles. The predicted octanol–water partition coefficient (Wildman–Crippen LogP) is 2.07.